The number of methoxy groups -OCH3 is 1. The summed E-state index contributed by atoms with van der Waals surface area (Å²) in [5.74, 6) is 0. The van der Waals surface area contributed by atoms with Crippen molar-refractivity contribution in [1.29, 1.82) is 0 Å². The first kappa shape index (κ1) is 13.6. The highest BCUT2D eigenvalue weighted by molar-refractivity contribution is 7.11. The zero-order valence-electron chi connectivity index (χ0n) is 10.6. The number of nitrogens with zero attached hydrogens (tertiary/aromatic N) is 1. The summed E-state index contributed by atoms with van der Waals surface area (Å²) in [5.41, 5.74) is 0. The number of nitrogens with one attached hydrogen (secondary N) is 1. The van der Waals surface area contributed by atoms with Gasteiger partial charge in [-0.25, -0.2) is 4.98 Å². The van der Waals surface area contributed by atoms with Gasteiger partial charge in [-0.3, -0.25) is 0 Å². The Bertz CT molecular complexity index is 301. The van der Waals surface area contributed by atoms with Crippen LogP contribution in [0.5, 0.6) is 0 Å². The Morgan fingerprint density at radius 1 is 1.50 bits per heavy atom. The van der Waals surface area contributed by atoms with Gasteiger partial charge in [-0.05, 0) is 26.8 Å². The topological polar surface area (TPSA) is 34.2 Å². The maximum Gasteiger partial charge on any atom is 0.0954 e. The summed E-state index contributed by atoms with van der Waals surface area (Å²) in [6, 6.07) is 0.407. The minimum Gasteiger partial charge on any atom is -0.381 e. The molecule has 0 aromatic carbocycles. The van der Waals surface area contributed by atoms with Crippen molar-refractivity contribution in [1.82, 2.24) is 10.3 Å². The van der Waals surface area contributed by atoms with Crippen molar-refractivity contribution in [3.63, 3.8) is 0 Å². The quantitative estimate of drug-likeness (QED) is 0.798. The molecule has 0 aliphatic carbocycles. The van der Waals surface area contributed by atoms with Crippen LogP contribution in [0.25, 0.3) is 0 Å². The molecule has 0 radical (unpaired) electrons. The molecule has 0 aliphatic rings. The van der Waals surface area contributed by atoms with Crippen LogP contribution in [-0.2, 0) is 11.2 Å². The summed E-state index contributed by atoms with van der Waals surface area (Å²) in [6.45, 7) is 7.49. The summed E-state index contributed by atoms with van der Waals surface area (Å²) in [5, 5.41) is 4.63. The van der Waals surface area contributed by atoms with Crippen LogP contribution in [0.15, 0.2) is 6.20 Å². The number of hydrogen-bond acceptors (Lipinski definition) is 4. The monoisotopic (exact) mass is 242 g/mol. The summed E-state index contributed by atoms with van der Waals surface area (Å²) in [7, 11) is 1.74. The highest BCUT2D eigenvalue weighted by Crippen LogP contribution is 2.21. The first-order chi connectivity index (χ1) is 7.67. The first-order valence-corrected chi connectivity index (χ1v) is 6.69. The van der Waals surface area contributed by atoms with Crippen molar-refractivity contribution in [2.45, 2.75) is 45.8 Å². The average molecular weight is 242 g/mol. The van der Waals surface area contributed by atoms with Crippen LogP contribution >= 0.6 is 11.3 Å². The molecule has 0 bridgehead atoms. The molecule has 1 N–H and O–H groups in total. The maximum absolute atomic E-state index is 5.24. The van der Waals surface area contributed by atoms with Gasteiger partial charge in [0, 0.05) is 30.6 Å². The van der Waals surface area contributed by atoms with Crippen LogP contribution < -0.4 is 5.32 Å². The van der Waals surface area contributed by atoms with E-state index in [1.165, 1.54) is 4.88 Å². The lowest BCUT2D eigenvalue weighted by Crippen LogP contribution is -2.18. The Kier molecular flexibility index (Phi) is 5.95. The third-order valence-electron chi connectivity index (χ3n) is 2.56. The molecule has 4 heteroatoms. The van der Waals surface area contributed by atoms with Gasteiger partial charge in [0.2, 0.25) is 0 Å². The van der Waals surface area contributed by atoms with Crippen molar-refractivity contribution in [3.8, 4) is 0 Å². The van der Waals surface area contributed by atoms with Crippen LogP contribution in [0.2, 0.25) is 0 Å². The molecule has 1 aromatic heterocycles. The van der Waals surface area contributed by atoms with Crippen LogP contribution in [0.4, 0.5) is 0 Å². The molecule has 1 rings (SSSR count). The fraction of sp³-hybridized carbons (Fsp3) is 0.750. The minimum absolute atomic E-state index is 0.248. The molecule has 0 spiro atoms. The largest absolute Gasteiger partial charge is 0.381 e. The molecule has 1 heterocycles. The molecular formula is C12H22N2OS. The Morgan fingerprint density at radius 3 is 2.88 bits per heavy atom. The van der Waals surface area contributed by atoms with E-state index in [-0.39, 0.29) is 6.10 Å². The molecular weight excluding hydrogens is 220 g/mol. The van der Waals surface area contributed by atoms with E-state index in [9.17, 15) is 0 Å². The van der Waals surface area contributed by atoms with E-state index in [0.29, 0.717) is 6.04 Å². The second kappa shape index (κ2) is 6.99. The van der Waals surface area contributed by atoms with E-state index in [4.69, 9.17) is 4.74 Å². The average Bonchev–Trinajstić information content (AvgIpc) is 2.74. The van der Waals surface area contributed by atoms with Gasteiger partial charge >= 0.3 is 0 Å². The van der Waals surface area contributed by atoms with Crippen molar-refractivity contribution in [2.75, 3.05) is 13.7 Å². The number of aromatic nitrogens is 1. The van der Waals surface area contributed by atoms with Gasteiger partial charge in [-0.15, -0.1) is 11.3 Å². The fourth-order valence-corrected chi connectivity index (χ4v) is 2.47. The maximum atomic E-state index is 5.24. The van der Waals surface area contributed by atoms with Gasteiger partial charge in [0.25, 0.3) is 0 Å². The van der Waals surface area contributed by atoms with Crippen molar-refractivity contribution < 1.29 is 4.74 Å². The zero-order valence-corrected chi connectivity index (χ0v) is 11.4. The van der Waals surface area contributed by atoms with E-state index < -0.39 is 0 Å². The zero-order chi connectivity index (χ0) is 12.0. The van der Waals surface area contributed by atoms with Gasteiger partial charge in [0.15, 0.2) is 0 Å². The van der Waals surface area contributed by atoms with Crippen LogP contribution in [0.1, 0.15) is 43.1 Å². The predicted octanol–water partition coefficient (Wildman–Crippen LogP) is 2.78. The molecule has 0 aliphatic heterocycles. The Hall–Kier alpha value is -0.450. The Labute approximate surface area is 102 Å². The smallest absolute Gasteiger partial charge is 0.0954 e. The number of rotatable bonds is 7. The van der Waals surface area contributed by atoms with E-state index in [2.05, 4.69) is 31.1 Å². The van der Waals surface area contributed by atoms with Gasteiger partial charge < -0.3 is 10.1 Å². The van der Waals surface area contributed by atoms with Crippen molar-refractivity contribution >= 4 is 11.3 Å². The van der Waals surface area contributed by atoms with E-state index >= 15 is 0 Å². The first-order valence-electron chi connectivity index (χ1n) is 5.88. The molecule has 3 nitrogen and oxygen atoms in total. The lowest BCUT2D eigenvalue weighted by Gasteiger charge is -2.10. The molecule has 0 saturated heterocycles. The second-order valence-corrected chi connectivity index (χ2v) is 5.23. The standard InChI is InChI=1S/C12H22N2OS/c1-5-6-13-10(3)11-8-14-12(16-11)7-9(2)15-4/h8-10,13H,5-7H2,1-4H3. The van der Waals surface area contributed by atoms with Crippen molar-refractivity contribution in [3.05, 3.63) is 16.1 Å². The fourth-order valence-electron chi connectivity index (χ4n) is 1.41. The second-order valence-electron chi connectivity index (χ2n) is 4.08. The summed E-state index contributed by atoms with van der Waals surface area (Å²) in [4.78, 5) is 5.74. The van der Waals surface area contributed by atoms with Crippen molar-refractivity contribution in [2.24, 2.45) is 0 Å². The third-order valence-corrected chi connectivity index (χ3v) is 3.77. The van der Waals surface area contributed by atoms with E-state index in [1.54, 1.807) is 18.4 Å². The summed E-state index contributed by atoms with van der Waals surface area (Å²) >= 11 is 1.78. The summed E-state index contributed by atoms with van der Waals surface area (Å²) in [6.07, 6.45) is 4.30. The predicted molar refractivity (Wildman–Crippen MR) is 69.0 cm³/mol. The third kappa shape index (κ3) is 4.20. The van der Waals surface area contributed by atoms with E-state index in [1.807, 2.05) is 6.20 Å². The highest BCUT2D eigenvalue weighted by atomic mass is 32.1. The Balaban J connectivity index is 2.50. The van der Waals surface area contributed by atoms with E-state index in [0.717, 1.165) is 24.4 Å². The normalized spacial score (nSPS) is 15.0. The van der Waals surface area contributed by atoms with Gasteiger partial charge in [-0.2, -0.15) is 0 Å². The SMILES string of the molecule is CCCNC(C)c1cnc(CC(C)OC)s1. The molecule has 0 fully saturated rings. The lowest BCUT2D eigenvalue weighted by atomic mass is 10.3. The molecule has 2 atom stereocenters. The number of hydrogen-bond donors (Lipinski definition) is 1. The molecule has 0 saturated carbocycles. The Morgan fingerprint density at radius 2 is 2.25 bits per heavy atom. The minimum atomic E-state index is 0.248. The molecule has 2 unspecified atom stereocenters. The van der Waals surface area contributed by atoms with Crippen LogP contribution in [-0.4, -0.2) is 24.7 Å². The molecule has 16 heavy (non-hydrogen) atoms. The summed E-state index contributed by atoms with van der Waals surface area (Å²) < 4.78 is 5.24. The lowest BCUT2D eigenvalue weighted by molar-refractivity contribution is 0.119. The molecule has 92 valence electrons. The van der Waals surface area contributed by atoms with Crippen LogP contribution in [0.3, 0.4) is 0 Å². The van der Waals surface area contributed by atoms with Gasteiger partial charge in [-0.1, -0.05) is 6.92 Å². The van der Waals surface area contributed by atoms with Gasteiger partial charge in [0.1, 0.15) is 0 Å². The molecule has 1 aromatic rings. The van der Waals surface area contributed by atoms with Gasteiger partial charge in [0.05, 0.1) is 11.1 Å². The highest BCUT2D eigenvalue weighted by Gasteiger charge is 2.10. The molecule has 0 amide bonds. The van der Waals surface area contributed by atoms with Crippen LogP contribution in [0, 0.1) is 0 Å². The number of ether oxygens (including phenoxy) is 1. The number of thiazole rings is 1.